The minimum absolute atomic E-state index is 0.0871. The summed E-state index contributed by atoms with van der Waals surface area (Å²) in [6.07, 6.45) is 16.5. The lowest BCUT2D eigenvalue weighted by Gasteiger charge is -2.41. The third-order valence-electron chi connectivity index (χ3n) is 15.2. The molecule has 2 aliphatic carbocycles. The van der Waals surface area contributed by atoms with Gasteiger partial charge in [-0.05, 0) is 119 Å². The number of ether oxygens (including phenoxy) is 4. The number of anilines is 2. The zero-order valence-corrected chi connectivity index (χ0v) is 42.8. The highest BCUT2D eigenvalue weighted by molar-refractivity contribution is 5.90. The van der Waals surface area contributed by atoms with Crippen LogP contribution >= 0.6 is 0 Å². The predicted molar refractivity (Wildman–Crippen MR) is 278 cm³/mol. The number of likely N-dealkylation sites (N-methyl/N-ethyl adjacent to an activating group) is 1. The molecule has 0 spiro atoms. The van der Waals surface area contributed by atoms with Crippen LogP contribution in [0.2, 0.25) is 0 Å². The zero-order valence-electron chi connectivity index (χ0n) is 42.8. The molecule has 4 fully saturated rings. The highest BCUT2D eigenvalue weighted by Crippen LogP contribution is 2.35. The molecule has 2 amide bonds. The van der Waals surface area contributed by atoms with Gasteiger partial charge >= 0.3 is 0 Å². The summed E-state index contributed by atoms with van der Waals surface area (Å²) in [6, 6.07) is 20.4. The molecule has 2 aromatic heterocycles. The quantitative estimate of drug-likeness (QED) is 0.0624. The Balaban J connectivity index is 0.660. The second-order valence-electron chi connectivity index (χ2n) is 20.3. The van der Waals surface area contributed by atoms with Crippen molar-refractivity contribution in [3.63, 3.8) is 0 Å². The van der Waals surface area contributed by atoms with Crippen molar-refractivity contribution in [3.05, 3.63) is 84.2 Å². The van der Waals surface area contributed by atoms with Crippen LogP contribution in [0.15, 0.2) is 73.1 Å². The number of fused-ring (bicyclic) bond motifs is 1. The number of likely N-dealkylation sites (tertiary alicyclic amines) is 2. The highest BCUT2D eigenvalue weighted by atomic mass is 16.6. The zero-order chi connectivity index (χ0) is 49.4. The van der Waals surface area contributed by atoms with E-state index in [0.717, 1.165) is 120 Å². The molecule has 2 saturated heterocycles. The van der Waals surface area contributed by atoms with Crippen molar-refractivity contribution in [1.29, 1.82) is 0 Å². The van der Waals surface area contributed by atoms with E-state index >= 15 is 0 Å². The number of carbonyl (C=O) groups excluding carboxylic acids is 2. The van der Waals surface area contributed by atoms with Crippen molar-refractivity contribution in [2.24, 2.45) is 11.8 Å². The number of rotatable bonds is 25. The Kier molecular flexibility index (Phi) is 19.5. The lowest BCUT2D eigenvalue weighted by molar-refractivity contribution is -0.140. The maximum Gasteiger partial charge on any atom is 0.245 e. The fourth-order valence-corrected chi connectivity index (χ4v) is 11.0. The molecular formula is C55H80N10O6. The molecule has 2 saturated carbocycles. The number of aromatic nitrogens is 4. The summed E-state index contributed by atoms with van der Waals surface area (Å²) in [5.41, 5.74) is 4.29. The Morgan fingerprint density at radius 3 is 2.30 bits per heavy atom. The molecule has 8 rings (SSSR count). The molecule has 0 bridgehead atoms. The summed E-state index contributed by atoms with van der Waals surface area (Å²) in [7, 11) is 5.86. The van der Waals surface area contributed by atoms with Gasteiger partial charge in [0.1, 0.15) is 24.2 Å². The number of benzene rings is 2. The first-order valence-corrected chi connectivity index (χ1v) is 26.6. The van der Waals surface area contributed by atoms with Gasteiger partial charge < -0.3 is 49.6 Å². The molecule has 2 unspecified atom stereocenters. The number of nitrogens with zero attached hydrogens (tertiary/aromatic N) is 7. The van der Waals surface area contributed by atoms with E-state index in [1.165, 1.54) is 17.5 Å². The van der Waals surface area contributed by atoms with Gasteiger partial charge in [0.2, 0.25) is 17.8 Å². The van der Waals surface area contributed by atoms with E-state index in [2.05, 4.69) is 72.0 Å². The summed E-state index contributed by atoms with van der Waals surface area (Å²) in [6.45, 7) is 9.33. The second kappa shape index (κ2) is 26.5. The summed E-state index contributed by atoms with van der Waals surface area (Å²) in [5.74, 6) is 3.27. The molecule has 16 heteroatoms. The van der Waals surface area contributed by atoms with Crippen molar-refractivity contribution >= 4 is 23.6 Å². The summed E-state index contributed by atoms with van der Waals surface area (Å²) in [4.78, 5) is 43.4. The van der Waals surface area contributed by atoms with E-state index in [0.29, 0.717) is 64.1 Å². The topological polar surface area (TPSA) is 160 Å². The first-order valence-electron chi connectivity index (χ1n) is 26.6. The molecule has 4 aromatic rings. The minimum atomic E-state index is -0.432. The lowest BCUT2D eigenvalue weighted by atomic mass is 9.83. The van der Waals surface area contributed by atoms with Crippen LogP contribution in [0.25, 0.3) is 11.3 Å². The molecule has 0 radical (unpaired) electrons. The monoisotopic (exact) mass is 977 g/mol. The Labute approximate surface area is 421 Å². The largest absolute Gasteiger partial charge is 0.491 e. The SMILES string of the molecule is CN[C@@H](C)C(=O)N[C@H](C(=O)N1CCC2CCN(CCc3ccc(OCCOCCOCCOC4CCC(Nc5nccc(-c6cnn(Cc7ccccc7)c6N(C)C)n5)CC4)cc3)CC21)C1CCCCC1. The number of nitrogens with one attached hydrogen (secondary N) is 3. The standard InChI is InChI=1S/C55H80N10O6/c1-40(56-2)52(66)61-51(44-13-9-6-10-14-44)54(67)64-30-26-43-25-29-63(39-50(43)64)28-24-41-15-19-46(20-16-41)70-35-33-68-31-32-69-34-36-71-47-21-17-45(18-22-47)59-55-57-27-23-49(60-55)48-37-58-65(53(48)62(3)4)38-42-11-7-5-8-12-42/h5,7-8,11-12,15-16,19-20,23,27,37,40,43-45,47,50-51,56H,6,9-10,13-14,17-18,21-22,24-26,28-36,38-39H2,1-4H3,(H,61,66)(H,57,59,60)/t40-,43?,45?,47?,50?,51-/m0/s1. The summed E-state index contributed by atoms with van der Waals surface area (Å²) >= 11 is 0. The van der Waals surface area contributed by atoms with E-state index in [-0.39, 0.29) is 35.9 Å². The van der Waals surface area contributed by atoms with E-state index < -0.39 is 6.04 Å². The van der Waals surface area contributed by atoms with Crippen LogP contribution in [0.4, 0.5) is 11.8 Å². The first kappa shape index (κ1) is 52.2. The molecule has 386 valence electrons. The van der Waals surface area contributed by atoms with Gasteiger partial charge in [-0.1, -0.05) is 61.7 Å². The van der Waals surface area contributed by atoms with E-state index in [1.54, 1.807) is 7.05 Å². The van der Waals surface area contributed by atoms with Crippen molar-refractivity contribution in [1.82, 2.24) is 40.2 Å². The smallest absolute Gasteiger partial charge is 0.245 e. The molecule has 2 aromatic carbocycles. The van der Waals surface area contributed by atoms with Crippen LogP contribution in [0.1, 0.15) is 88.7 Å². The molecule has 3 N–H and O–H groups in total. The van der Waals surface area contributed by atoms with Gasteiger partial charge in [0, 0.05) is 52.0 Å². The highest BCUT2D eigenvalue weighted by Gasteiger charge is 2.44. The van der Waals surface area contributed by atoms with Crippen LogP contribution in [0.3, 0.4) is 0 Å². The Bertz CT molecular complexity index is 2230. The van der Waals surface area contributed by atoms with E-state index in [1.807, 2.05) is 62.4 Å². The summed E-state index contributed by atoms with van der Waals surface area (Å²) < 4.78 is 25.7. The average Bonchev–Trinajstić information content (AvgIpc) is 4.03. The van der Waals surface area contributed by atoms with Gasteiger partial charge in [0.05, 0.1) is 69.2 Å². The van der Waals surface area contributed by atoms with Gasteiger partial charge in [0.15, 0.2) is 0 Å². The average molecular weight is 977 g/mol. The minimum Gasteiger partial charge on any atom is -0.491 e. The van der Waals surface area contributed by atoms with Gasteiger partial charge in [-0.15, -0.1) is 0 Å². The van der Waals surface area contributed by atoms with Crippen LogP contribution in [-0.2, 0) is 36.8 Å². The van der Waals surface area contributed by atoms with Crippen molar-refractivity contribution in [2.45, 2.75) is 121 Å². The number of carbonyl (C=O) groups is 2. The Hall–Kier alpha value is -5.13. The lowest BCUT2D eigenvalue weighted by Crippen LogP contribution is -2.58. The van der Waals surface area contributed by atoms with Gasteiger partial charge in [-0.3, -0.25) is 9.59 Å². The van der Waals surface area contributed by atoms with E-state index in [4.69, 9.17) is 29.0 Å². The van der Waals surface area contributed by atoms with Gasteiger partial charge in [-0.2, -0.15) is 5.10 Å². The molecular weight excluding hydrogens is 897 g/mol. The van der Waals surface area contributed by atoms with Crippen LogP contribution in [0.5, 0.6) is 5.75 Å². The number of hydrogen-bond acceptors (Lipinski definition) is 13. The van der Waals surface area contributed by atoms with Crippen LogP contribution < -0.4 is 25.6 Å². The fraction of sp³-hybridized carbons (Fsp3) is 0.618. The normalized spacial score (nSPS) is 21.6. The van der Waals surface area contributed by atoms with Crippen molar-refractivity contribution in [2.75, 3.05) is 97.2 Å². The molecule has 4 atom stereocenters. The first-order chi connectivity index (χ1) is 34.7. The van der Waals surface area contributed by atoms with Crippen molar-refractivity contribution in [3.8, 4) is 17.0 Å². The molecule has 4 heterocycles. The second-order valence-corrected chi connectivity index (χ2v) is 20.3. The van der Waals surface area contributed by atoms with Gasteiger partial charge in [-0.25, -0.2) is 14.6 Å². The maximum absolute atomic E-state index is 14.2. The number of amides is 2. The fourth-order valence-electron chi connectivity index (χ4n) is 11.0. The van der Waals surface area contributed by atoms with Crippen molar-refractivity contribution < 1.29 is 28.5 Å². The van der Waals surface area contributed by atoms with Crippen LogP contribution in [-0.4, -0.2) is 159 Å². The third-order valence-corrected chi connectivity index (χ3v) is 15.2. The van der Waals surface area contributed by atoms with E-state index in [9.17, 15) is 9.59 Å². The Morgan fingerprint density at radius 2 is 1.55 bits per heavy atom. The van der Waals surface area contributed by atoms with Crippen LogP contribution in [0, 0.1) is 11.8 Å². The third kappa shape index (κ3) is 14.7. The number of piperidine rings is 1. The Morgan fingerprint density at radius 1 is 0.817 bits per heavy atom. The molecule has 71 heavy (non-hydrogen) atoms. The molecule has 16 nitrogen and oxygen atoms in total. The number of hydrogen-bond donors (Lipinski definition) is 3. The van der Waals surface area contributed by atoms with Gasteiger partial charge in [0.25, 0.3) is 0 Å². The molecule has 2 aliphatic heterocycles. The maximum atomic E-state index is 14.2. The molecule has 4 aliphatic rings. The summed E-state index contributed by atoms with van der Waals surface area (Å²) in [5, 5.41) is 14.5. The predicted octanol–water partition coefficient (Wildman–Crippen LogP) is 6.44.